The van der Waals surface area contributed by atoms with Gasteiger partial charge in [0.25, 0.3) is 5.00 Å². The van der Waals surface area contributed by atoms with Crippen LogP contribution in [0.1, 0.15) is 10.4 Å². The minimum Gasteiger partial charge on any atom is -0.507 e. The third-order valence-corrected chi connectivity index (χ3v) is 2.70. The first-order chi connectivity index (χ1) is 5.20. The van der Waals surface area contributed by atoms with E-state index >= 15 is 0 Å². The molecule has 0 fully saturated rings. The van der Waals surface area contributed by atoms with E-state index in [2.05, 4.69) is 4.85 Å². The smallest absolute Gasteiger partial charge is 0.282 e. The largest absolute Gasteiger partial charge is 0.507 e. The van der Waals surface area contributed by atoms with Gasteiger partial charge in [-0.25, -0.2) is 4.85 Å². The van der Waals surface area contributed by atoms with Crippen LogP contribution in [0.25, 0.3) is 4.85 Å². The zero-order valence-electron chi connectivity index (χ0n) is 6.76. The van der Waals surface area contributed by atoms with Crippen LogP contribution < -0.4 is 4.74 Å². The quantitative estimate of drug-likeness (QED) is 0.586. The average molecular weight is 167 g/mol. The molecule has 3 heteroatoms. The van der Waals surface area contributed by atoms with E-state index in [4.69, 9.17) is 11.3 Å². The maximum absolute atomic E-state index is 6.85. The first kappa shape index (κ1) is 8.09. The lowest BCUT2D eigenvalue weighted by Gasteiger charge is -1.97. The highest BCUT2D eigenvalue weighted by atomic mass is 32.1. The number of nitrogens with zero attached hydrogens (tertiary/aromatic N) is 1. The first-order valence-corrected chi connectivity index (χ1v) is 4.03. The van der Waals surface area contributed by atoms with Gasteiger partial charge in [0.1, 0.15) is 5.75 Å². The van der Waals surface area contributed by atoms with E-state index in [-0.39, 0.29) is 0 Å². The number of rotatable bonds is 1. The third kappa shape index (κ3) is 1.22. The van der Waals surface area contributed by atoms with Gasteiger partial charge >= 0.3 is 0 Å². The van der Waals surface area contributed by atoms with E-state index in [1.807, 2.05) is 13.8 Å². The van der Waals surface area contributed by atoms with Gasteiger partial charge in [-0.05, 0) is 24.3 Å². The monoisotopic (exact) mass is 167 g/mol. The van der Waals surface area contributed by atoms with Crippen molar-refractivity contribution in [2.24, 2.45) is 0 Å². The van der Waals surface area contributed by atoms with Crippen molar-refractivity contribution in [1.29, 1.82) is 0 Å². The Hall–Kier alpha value is -1.01. The molecule has 2 nitrogen and oxygen atoms in total. The summed E-state index contributed by atoms with van der Waals surface area (Å²) in [6.07, 6.45) is 0. The van der Waals surface area contributed by atoms with Crippen LogP contribution in [0.4, 0.5) is 5.00 Å². The number of ether oxygens (including phenoxy) is 1. The number of hydrogen-bond donors (Lipinski definition) is 0. The Bertz CT molecular complexity index is 309. The van der Waals surface area contributed by atoms with Crippen LogP contribution in [0.5, 0.6) is 5.75 Å². The summed E-state index contributed by atoms with van der Waals surface area (Å²) in [4.78, 5) is 4.53. The van der Waals surface area contributed by atoms with Crippen LogP contribution in [0.15, 0.2) is 0 Å². The maximum Gasteiger partial charge on any atom is 0.282 e. The fraction of sp³-hybridized carbons (Fsp3) is 0.375. The molecule has 0 spiro atoms. The normalized spacial score (nSPS) is 9.27. The zero-order valence-corrected chi connectivity index (χ0v) is 7.58. The summed E-state index contributed by atoms with van der Waals surface area (Å²) in [7, 11) is 1.60. The molecule has 0 unspecified atom stereocenters. The topological polar surface area (TPSA) is 13.6 Å². The lowest BCUT2D eigenvalue weighted by Crippen LogP contribution is -1.82. The standard InChI is InChI=1S/C8H9NOS/c1-5-6(2)11-8(9-3)7(5)10-4/h1-2,4H3. The number of methoxy groups -OCH3 is 1. The van der Waals surface area contributed by atoms with E-state index in [1.54, 1.807) is 7.11 Å². The second-order valence-electron chi connectivity index (χ2n) is 2.23. The van der Waals surface area contributed by atoms with E-state index < -0.39 is 0 Å². The molecule has 58 valence electrons. The van der Waals surface area contributed by atoms with Gasteiger partial charge in [-0.1, -0.05) is 0 Å². The summed E-state index contributed by atoms with van der Waals surface area (Å²) in [5, 5.41) is 0.655. The molecule has 0 saturated heterocycles. The summed E-state index contributed by atoms with van der Waals surface area (Å²) < 4.78 is 5.08. The van der Waals surface area contributed by atoms with Crippen LogP contribution >= 0.6 is 11.3 Å². The van der Waals surface area contributed by atoms with Crippen molar-refractivity contribution >= 4 is 16.3 Å². The molecule has 0 saturated carbocycles. The minimum atomic E-state index is 0.655. The molecule has 0 aliphatic heterocycles. The average Bonchev–Trinajstić information content (AvgIpc) is 2.28. The van der Waals surface area contributed by atoms with Crippen molar-refractivity contribution in [3.8, 4) is 5.75 Å². The molecule has 0 atom stereocenters. The van der Waals surface area contributed by atoms with Crippen molar-refractivity contribution in [3.05, 3.63) is 21.9 Å². The van der Waals surface area contributed by atoms with Crippen molar-refractivity contribution in [2.75, 3.05) is 7.11 Å². The summed E-state index contributed by atoms with van der Waals surface area (Å²) in [5.41, 5.74) is 1.09. The molecule has 1 aromatic heterocycles. The minimum absolute atomic E-state index is 0.655. The van der Waals surface area contributed by atoms with Crippen LogP contribution in [0.3, 0.4) is 0 Å². The highest BCUT2D eigenvalue weighted by molar-refractivity contribution is 7.16. The van der Waals surface area contributed by atoms with Crippen molar-refractivity contribution in [2.45, 2.75) is 13.8 Å². The molecule has 0 aromatic carbocycles. The highest BCUT2D eigenvalue weighted by Gasteiger charge is 2.11. The van der Waals surface area contributed by atoms with Gasteiger partial charge < -0.3 is 4.74 Å². The summed E-state index contributed by atoms with van der Waals surface area (Å²) in [5.74, 6) is 0.738. The summed E-state index contributed by atoms with van der Waals surface area (Å²) in [6.45, 7) is 10.8. The lowest BCUT2D eigenvalue weighted by molar-refractivity contribution is 0.416. The molecule has 0 aliphatic carbocycles. The predicted molar refractivity (Wildman–Crippen MR) is 46.6 cm³/mol. The molecular weight excluding hydrogens is 158 g/mol. The Morgan fingerprint density at radius 3 is 2.45 bits per heavy atom. The van der Waals surface area contributed by atoms with Crippen molar-refractivity contribution < 1.29 is 4.74 Å². The third-order valence-electron chi connectivity index (χ3n) is 1.62. The second-order valence-corrected chi connectivity index (χ2v) is 3.44. The molecule has 1 rings (SSSR count). The van der Waals surface area contributed by atoms with Gasteiger partial charge in [0.05, 0.1) is 13.7 Å². The molecule has 1 aromatic rings. The highest BCUT2D eigenvalue weighted by Crippen LogP contribution is 2.40. The molecule has 11 heavy (non-hydrogen) atoms. The number of hydrogen-bond acceptors (Lipinski definition) is 2. The van der Waals surface area contributed by atoms with E-state index in [0.717, 1.165) is 16.2 Å². The zero-order chi connectivity index (χ0) is 8.43. The van der Waals surface area contributed by atoms with Crippen LogP contribution in [0.2, 0.25) is 0 Å². The second kappa shape index (κ2) is 2.93. The van der Waals surface area contributed by atoms with Crippen LogP contribution in [0, 0.1) is 20.4 Å². The van der Waals surface area contributed by atoms with Crippen molar-refractivity contribution in [1.82, 2.24) is 0 Å². The van der Waals surface area contributed by atoms with Gasteiger partial charge in [-0.2, -0.15) is 11.3 Å². The van der Waals surface area contributed by atoms with Gasteiger partial charge in [-0.15, -0.1) is 0 Å². The van der Waals surface area contributed by atoms with E-state index in [1.165, 1.54) is 11.3 Å². The predicted octanol–water partition coefficient (Wildman–Crippen LogP) is 2.92. The molecule has 0 radical (unpaired) electrons. The molecule has 0 N–H and O–H groups in total. The first-order valence-electron chi connectivity index (χ1n) is 3.22. The molecule has 0 amide bonds. The Morgan fingerprint density at radius 1 is 1.45 bits per heavy atom. The summed E-state index contributed by atoms with van der Waals surface area (Å²) >= 11 is 1.49. The number of thiophene rings is 1. The Kier molecular flexibility index (Phi) is 2.16. The molecule has 0 aliphatic rings. The molecule has 0 bridgehead atoms. The van der Waals surface area contributed by atoms with Crippen molar-refractivity contribution in [3.63, 3.8) is 0 Å². The van der Waals surface area contributed by atoms with E-state index in [0.29, 0.717) is 5.00 Å². The van der Waals surface area contributed by atoms with Crippen LogP contribution in [-0.2, 0) is 0 Å². The fourth-order valence-corrected chi connectivity index (χ4v) is 1.81. The fourth-order valence-electron chi connectivity index (χ4n) is 0.902. The van der Waals surface area contributed by atoms with Gasteiger partial charge in [-0.3, -0.25) is 0 Å². The van der Waals surface area contributed by atoms with Crippen LogP contribution in [-0.4, -0.2) is 7.11 Å². The molecular formula is C8H9NOS. The van der Waals surface area contributed by atoms with Gasteiger partial charge in [0, 0.05) is 0 Å². The summed E-state index contributed by atoms with van der Waals surface area (Å²) in [6, 6.07) is 0. The Labute approximate surface area is 70.2 Å². The van der Waals surface area contributed by atoms with Gasteiger partial charge in [0.15, 0.2) is 0 Å². The lowest BCUT2D eigenvalue weighted by atomic mass is 10.3. The SMILES string of the molecule is [C-]#[N+]c1sc(C)c(C)c1OC. The van der Waals surface area contributed by atoms with Gasteiger partial charge in [0.2, 0.25) is 0 Å². The maximum atomic E-state index is 6.85. The molecule has 1 heterocycles. The van der Waals surface area contributed by atoms with E-state index in [9.17, 15) is 0 Å². The Balaban J connectivity index is 3.29. The Morgan fingerprint density at radius 2 is 2.09 bits per heavy atom. The number of aryl methyl sites for hydroxylation is 1.